The van der Waals surface area contributed by atoms with Crippen molar-refractivity contribution in [2.45, 2.75) is 25.1 Å². The average molecular weight is 476 g/mol. The number of amides is 1. The molecule has 0 fully saturated rings. The van der Waals surface area contributed by atoms with Gasteiger partial charge in [0.05, 0.1) is 17.4 Å². The molecule has 178 valence electrons. The molecule has 2 N–H and O–H groups in total. The number of nitrogens with zero attached hydrogens (tertiary/aromatic N) is 1. The number of nitrogens with one attached hydrogen (secondary N) is 1. The van der Waals surface area contributed by atoms with Crippen molar-refractivity contribution in [2.24, 2.45) is 0 Å². The number of aliphatic hydroxyl groups is 1. The maximum absolute atomic E-state index is 13.2. The second-order valence-corrected chi connectivity index (χ2v) is 8.04. The lowest BCUT2D eigenvalue weighted by Crippen LogP contribution is -2.15. The quantitative estimate of drug-likeness (QED) is 0.313. The summed E-state index contributed by atoms with van der Waals surface area (Å²) in [6.07, 6.45) is -2.61. The Morgan fingerprint density at radius 3 is 2.29 bits per heavy atom. The largest absolute Gasteiger partial charge is 0.416 e. The molecule has 0 aliphatic carbocycles. The predicted molar refractivity (Wildman–Crippen MR) is 129 cm³/mol. The fraction of sp³-hybridized carbons (Fsp3) is 0.143. The van der Waals surface area contributed by atoms with Crippen molar-refractivity contribution in [2.75, 3.05) is 5.32 Å². The van der Waals surface area contributed by atoms with Gasteiger partial charge >= 0.3 is 6.18 Å². The normalized spacial score (nSPS) is 12.2. The van der Waals surface area contributed by atoms with Gasteiger partial charge in [0, 0.05) is 17.4 Å². The Bertz CT molecular complexity index is 1290. The maximum atomic E-state index is 13.2. The first-order chi connectivity index (χ1) is 16.8. The summed E-state index contributed by atoms with van der Waals surface area (Å²) in [5, 5.41) is 13.4. The first kappa shape index (κ1) is 24.2. The zero-order chi connectivity index (χ0) is 24.8. The van der Waals surface area contributed by atoms with E-state index in [0.29, 0.717) is 40.9 Å². The Kier molecular flexibility index (Phi) is 7.27. The van der Waals surface area contributed by atoms with E-state index in [9.17, 15) is 23.1 Å². The number of anilines is 1. The van der Waals surface area contributed by atoms with Crippen molar-refractivity contribution in [3.8, 4) is 11.1 Å². The van der Waals surface area contributed by atoms with E-state index in [2.05, 4.69) is 10.3 Å². The number of hydrogen-bond acceptors (Lipinski definition) is 3. The summed E-state index contributed by atoms with van der Waals surface area (Å²) < 4.78 is 38.8. The molecule has 1 unspecified atom stereocenters. The van der Waals surface area contributed by atoms with Crippen LogP contribution < -0.4 is 5.32 Å². The Hall–Kier alpha value is -3.97. The second kappa shape index (κ2) is 10.5. The van der Waals surface area contributed by atoms with Crippen molar-refractivity contribution in [3.63, 3.8) is 0 Å². The van der Waals surface area contributed by atoms with Gasteiger partial charge in [0.2, 0.25) is 0 Å². The Balaban J connectivity index is 1.52. The van der Waals surface area contributed by atoms with E-state index >= 15 is 0 Å². The van der Waals surface area contributed by atoms with Crippen molar-refractivity contribution in [3.05, 3.63) is 120 Å². The highest BCUT2D eigenvalue weighted by molar-refractivity contribution is 6.09. The van der Waals surface area contributed by atoms with Crippen molar-refractivity contribution < 1.29 is 23.1 Å². The first-order valence-electron chi connectivity index (χ1n) is 11.1. The summed E-state index contributed by atoms with van der Waals surface area (Å²) in [6, 6.07) is 24.2. The van der Waals surface area contributed by atoms with E-state index < -0.39 is 17.8 Å². The number of carbonyl (C=O) groups is 1. The molecular weight excluding hydrogens is 453 g/mol. The molecule has 1 heterocycles. The number of para-hydroxylation sites is 1. The van der Waals surface area contributed by atoms with Gasteiger partial charge in [-0.15, -0.1) is 0 Å². The van der Waals surface area contributed by atoms with Gasteiger partial charge in [-0.1, -0.05) is 54.6 Å². The molecule has 4 rings (SSSR count). The van der Waals surface area contributed by atoms with Gasteiger partial charge in [0.1, 0.15) is 0 Å². The summed E-state index contributed by atoms with van der Waals surface area (Å²) in [6.45, 7) is 0. The topological polar surface area (TPSA) is 62.2 Å². The van der Waals surface area contributed by atoms with Crippen LogP contribution in [0.3, 0.4) is 0 Å². The highest BCUT2D eigenvalue weighted by Crippen LogP contribution is 2.32. The van der Waals surface area contributed by atoms with Gasteiger partial charge in [-0.05, 0) is 65.9 Å². The van der Waals surface area contributed by atoms with Crippen LogP contribution in [-0.2, 0) is 12.6 Å². The van der Waals surface area contributed by atoms with Crippen LogP contribution in [-0.4, -0.2) is 16.0 Å². The summed E-state index contributed by atoms with van der Waals surface area (Å²) >= 11 is 0. The molecule has 35 heavy (non-hydrogen) atoms. The van der Waals surface area contributed by atoms with Crippen LogP contribution in [0.2, 0.25) is 0 Å². The zero-order valence-corrected chi connectivity index (χ0v) is 18.7. The monoisotopic (exact) mass is 476 g/mol. The van der Waals surface area contributed by atoms with Gasteiger partial charge in [-0.2, -0.15) is 13.2 Å². The summed E-state index contributed by atoms with van der Waals surface area (Å²) in [4.78, 5) is 17.4. The first-order valence-corrected chi connectivity index (χ1v) is 11.1. The van der Waals surface area contributed by atoms with Crippen molar-refractivity contribution in [1.82, 2.24) is 4.98 Å². The van der Waals surface area contributed by atoms with Crippen LogP contribution in [0, 0.1) is 0 Å². The van der Waals surface area contributed by atoms with Gasteiger partial charge in [0.15, 0.2) is 0 Å². The van der Waals surface area contributed by atoms with Gasteiger partial charge in [-0.3, -0.25) is 9.78 Å². The SMILES string of the molecule is O=C(Nc1ccccc1CCC(O)c1ccccn1)c1ccccc1-c1ccc(C(F)(F)F)cc1. The minimum absolute atomic E-state index is 0.343. The molecule has 0 saturated heterocycles. The van der Waals surface area contributed by atoms with Crippen molar-refractivity contribution >= 4 is 11.6 Å². The third kappa shape index (κ3) is 5.94. The molecule has 1 amide bonds. The van der Waals surface area contributed by atoms with E-state index in [4.69, 9.17) is 0 Å². The van der Waals surface area contributed by atoms with Crippen LogP contribution in [0.25, 0.3) is 11.1 Å². The fourth-order valence-corrected chi connectivity index (χ4v) is 3.83. The van der Waals surface area contributed by atoms with Crippen LogP contribution in [0.1, 0.15) is 39.7 Å². The molecule has 1 atom stereocenters. The van der Waals surface area contributed by atoms with Crippen LogP contribution in [0.5, 0.6) is 0 Å². The molecule has 3 aromatic carbocycles. The molecule has 0 spiro atoms. The van der Waals surface area contributed by atoms with Crippen LogP contribution >= 0.6 is 0 Å². The standard InChI is InChI=1S/C28H23F3N2O2/c29-28(30,31)21-15-12-19(13-16-21)22-8-2-3-9-23(22)27(35)33-24-10-4-1-7-20(24)14-17-26(34)25-11-5-6-18-32-25/h1-13,15-16,18,26,34H,14,17H2,(H,33,35). The molecule has 0 aliphatic rings. The van der Waals surface area contributed by atoms with E-state index in [-0.39, 0.29) is 5.91 Å². The number of alkyl halides is 3. The van der Waals surface area contributed by atoms with Crippen LogP contribution in [0.4, 0.5) is 18.9 Å². The molecule has 0 radical (unpaired) electrons. The zero-order valence-electron chi connectivity index (χ0n) is 18.7. The molecule has 4 nitrogen and oxygen atoms in total. The number of aliphatic hydroxyl groups excluding tert-OH is 1. The third-order valence-corrected chi connectivity index (χ3v) is 5.68. The summed E-state index contributed by atoms with van der Waals surface area (Å²) in [5.74, 6) is -0.377. The molecule has 7 heteroatoms. The number of pyridine rings is 1. The lowest BCUT2D eigenvalue weighted by molar-refractivity contribution is -0.137. The summed E-state index contributed by atoms with van der Waals surface area (Å²) in [5.41, 5.74) is 2.67. The highest BCUT2D eigenvalue weighted by atomic mass is 19.4. The Labute approximate surface area is 201 Å². The van der Waals surface area contributed by atoms with E-state index in [1.165, 1.54) is 12.1 Å². The lowest BCUT2D eigenvalue weighted by atomic mass is 9.97. The predicted octanol–water partition coefficient (Wildman–Crippen LogP) is 6.69. The van der Waals surface area contributed by atoms with Crippen molar-refractivity contribution in [1.29, 1.82) is 0 Å². The number of carbonyl (C=O) groups excluding carboxylic acids is 1. The lowest BCUT2D eigenvalue weighted by Gasteiger charge is -2.15. The molecule has 0 aliphatic heterocycles. The molecular formula is C28H23F3N2O2. The average Bonchev–Trinajstić information content (AvgIpc) is 2.88. The highest BCUT2D eigenvalue weighted by Gasteiger charge is 2.30. The minimum atomic E-state index is -4.43. The molecule has 0 bridgehead atoms. The van der Waals surface area contributed by atoms with E-state index in [1.807, 2.05) is 18.2 Å². The minimum Gasteiger partial charge on any atom is -0.387 e. The number of aryl methyl sites for hydroxylation is 1. The Morgan fingerprint density at radius 1 is 0.886 bits per heavy atom. The van der Waals surface area contributed by atoms with Gasteiger partial charge in [0.25, 0.3) is 5.91 Å². The Morgan fingerprint density at radius 2 is 1.57 bits per heavy atom. The number of hydrogen-bond donors (Lipinski definition) is 2. The van der Waals surface area contributed by atoms with E-state index in [1.54, 1.807) is 54.7 Å². The molecule has 0 saturated carbocycles. The van der Waals surface area contributed by atoms with Gasteiger partial charge in [-0.25, -0.2) is 0 Å². The summed E-state index contributed by atoms with van der Waals surface area (Å²) in [7, 11) is 0. The number of halogens is 3. The van der Waals surface area contributed by atoms with Crippen LogP contribution in [0.15, 0.2) is 97.2 Å². The number of aromatic nitrogens is 1. The molecule has 4 aromatic rings. The smallest absolute Gasteiger partial charge is 0.387 e. The second-order valence-electron chi connectivity index (χ2n) is 8.04. The fourth-order valence-electron chi connectivity index (χ4n) is 3.83. The number of benzene rings is 3. The van der Waals surface area contributed by atoms with Gasteiger partial charge < -0.3 is 10.4 Å². The maximum Gasteiger partial charge on any atom is 0.416 e. The third-order valence-electron chi connectivity index (χ3n) is 5.68. The molecule has 1 aromatic heterocycles. The number of rotatable bonds is 7. The van der Waals surface area contributed by atoms with E-state index in [0.717, 1.165) is 17.7 Å².